The quantitative estimate of drug-likeness (QED) is 0.745. The molecule has 2 heterocycles. The van der Waals surface area contributed by atoms with Crippen LogP contribution in [0.15, 0.2) is 18.5 Å². The lowest BCUT2D eigenvalue weighted by Gasteiger charge is -2.03. The minimum Gasteiger partial charge on any atom is -0.383 e. The van der Waals surface area contributed by atoms with Crippen LogP contribution in [0.2, 0.25) is 0 Å². The summed E-state index contributed by atoms with van der Waals surface area (Å²) in [5, 5.41) is 10.4. The topological polar surface area (TPSA) is 89.6 Å². The molecule has 6 heteroatoms. The SMILES string of the molecule is CCCn1nccc1C(=O)c1cn[nH]c1N. The highest BCUT2D eigenvalue weighted by atomic mass is 16.1. The van der Waals surface area contributed by atoms with Crippen LogP contribution in [0, 0.1) is 0 Å². The predicted octanol–water partition coefficient (Wildman–Crippen LogP) is 0.829. The van der Waals surface area contributed by atoms with Gasteiger partial charge in [-0.15, -0.1) is 0 Å². The monoisotopic (exact) mass is 219 g/mol. The fourth-order valence-corrected chi connectivity index (χ4v) is 1.53. The van der Waals surface area contributed by atoms with Crippen LogP contribution < -0.4 is 5.73 Å². The zero-order valence-corrected chi connectivity index (χ0v) is 8.97. The van der Waals surface area contributed by atoms with Crippen molar-refractivity contribution >= 4 is 11.6 Å². The smallest absolute Gasteiger partial charge is 0.216 e. The number of aryl methyl sites for hydroxylation is 1. The van der Waals surface area contributed by atoms with Gasteiger partial charge in [-0.3, -0.25) is 14.6 Å². The average Bonchev–Trinajstić information content (AvgIpc) is 2.87. The number of carbonyl (C=O) groups excluding carboxylic acids is 1. The highest BCUT2D eigenvalue weighted by Crippen LogP contribution is 2.13. The number of hydrogen-bond donors (Lipinski definition) is 2. The molecule has 0 unspecified atom stereocenters. The lowest BCUT2D eigenvalue weighted by atomic mass is 10.1. The number of nitrogen functional groups attached to an aromatic ring is 1. The Hall–Kier alpha value is -2.11. The summed E-state index contributed by atoms with van der Waals surface area (Å²) < 4.78 is 1.68. The molecule has 0 atom stereocenters. The first-order valence-electron chi connectivity index (χ1n) is 5.09. The first-order chi connectivity index (χ1) is 7.74. The number of H-pyrrole nitrogens is 1. The molecule has 0 bridgehead atoms. The Morgan fingerprint density at radius 1 is 1.62 bits per heavy atom. The number of aromatic amines is 1. The van der Waals surface area contributed by atoms with E-state index in [9.17, 15) is 4.79 Å². The summed E-state index contributed by atoms with van der Waals surface area (Å²) in [7, 11) is 0. The van der Waals surface area contributed by atoms with Gasteiger partial charge in [0, 0.05) is 12.7 Å². The summed E-state index contributed by atoms with van der Waals surface area (Å²) in [6, 6.07) is 1.68. The van der Waals surface area contributed by atoms with E-state index in [0.29, 0.717) is 17.8 Å². The van der Waals surface area contributed by atoms with Crippen LogP contribution >= 0.6 is 0 Å². The van der Waals surface area contributed by atoms with Gasteiger partial charge >= 0.3 is 0 Å². The first-order valence-corrected chi connectivity index (χ1v) is 5.09. The largest absolute Gasteiger partial charge is 0.383 e. The number of carbonyl (C=O) groups is 1. The third kappa shape index (κ3) is 1.69. The Bertz CT molecular complexity index is 499. The highest BCUT2D eigenvalue weighted by Gasteiger charge is 2.17. The summed E-state index contributed by atoms with van der Waals surface area (Å²) in [5.41, 5.74) is 6.53. The number of ketones is 1. The molecule has 2 rings (SSSR count). The molecular formula is C10H13N5O. The molecule has 2 aromatic heterocycles. The average molecular weight is 219 g/mol. The van der Waals surface area contributed by atoms with E-state index in [-0.39, 0.29) is 11.6 Å². The Morgan fingerprint density at radius 3 is 3.06 bits per heavy atom. The molecule has 84 valence electrons. The zero-order chi connectivity index (χ0) is 11.5. The van der Waals surface area contributed by atoms with Crippen molar-refractivity contribution in [2.24, 2.45) is 0 Å². The number of rotatable bonds is 4. The summed E-state index contributed by atoms with van der Waals surface area (Å²) >= 11 is 0. The molecule has 0 saturated heterocycles. The van der Waals surface area contributed by atoms with E-state index in [0.717, 1.165) is 6.42 Å². The number of anilines is 1. The normalized spacial score (nSPS) is 10.6. The second-order valence-electron chi connectivity index (χ2n) is 3.47. The van der Waals surface area contributed by atoms with E-state index in [1.165, 1.54) is 6.20 Å². The van der Waals surface area contributed by atoms with Gasteiger partial charge in [0.2, 0.25) is 5.78 Å². The number of nitrogens with zero attached hydrogens (tertiary/aromatic N) is 3. The Kier molecular flexibility index (Phi) is 2.72. The van der Waals surface area contributed by atoms with Crippen LogP contribution in [0.4, 0.5) is 5.82 Å². The summed E-state index contributed by atoms with van der Waals surface area (Å²) in [6.07, 6.45) is 3.96. The maximum Gasteiger partial charge on any atom is 0.216 e. The number of nitrogens with one attached hydrogen (secondary N) is 1. The molecule has 0 aliphatic heterocycles. The molecule has 0 aliphatic carbocycles. The van der Waals surface area contributed by atoms with E-state index in [2.05, 4.69) is 15.3 Å². The van der Waals surface area contributed by atoms with E-state index in [1.54, 1.807) is 16.9 Å². The molecule has 16 heavy (non-hydrogen) atoms. The van der Waals surface area contributed by atoms with Gasteiger partial charge in [0.15, 0.2) is 0 Å². The van der Waals surface area contributed by atoms with Gasteiger partial charge in [0.05, 0.1) is 11.8 Å². The molecule has 0 aliphatic rings. The number of aromatic nitrogens is 4. The second kappa shape index (κ2) is 4.18. The first kappa shape index (κ1) is 10.4. The van der Waals surface area contributed by atoms with Crippen molar-refractivity contribution in [2.75, 3.05) is 5.73 Å². The minimum absolute atomic E-state index is 0.155. The molecule has 6 nitrogen and oxygen atoms in total. The Labute approximate surface area is 92.5 Å². The van der Waals surface area contributed by atoms with Crippen LogP contribution in [-0.2, 0) is 6.54 Å². The van der Waals surface area contributed by atoms with Gasteiger partial charge in [-0.05, 0) is 12.5 Å². The van der Waals surface area contributed by atoms with E-state index in [4.69, 9.17) is 5.73 Å². The third-order valence-corrected chi connectivity index (χ3v) is 2.30. The van der Waals surface area contributed by atoms with Crippen LogP contribution in [0.3, 0.4) is 0 Å². The summed E-state index contributed by atoms with van der Waals surface area (Å²) in [4.78, 5) is 12.1. The lowest BCUT2D eigenvalue weighted by molar-refractivity contribution is 0.102. The summed E-state index contributed by atoms with van der Waals surface area (Å²) in [5.74, 6) is 0.131. The standard InChI is InChI=1S/C10H13N5O/c1-2-5-15-8(3-4-13-15)9(16)7-6-12-14-10(7)11/h3-4,6H,2,5H2,1H3,(H3,11,12,14). The van der Waals surface area contributed by atoms with E-state index >= 15 is 0 Å². The maximum atomic E-state index is 12.1. The third-order valence-electron chi connectivity index (χ3n) is 2.30. The van der Waals surface area contributed by atoms with Crippen LogP contribution in [-0.4, -0.2) is 25.8 Å². The van der Waals surface area contributed by atoms with Gasteiger partial charge in [-0.1, -0.05) is 6.92 Å². The Morgan fingerprint density at radius 2 is 2.44 bits per heavy atom. The fraction of sp³-hybridized carbons (Fsp3) is 0.300. The molecular weight excluding hydrogens is 206 g/mol. The van der Waals surface area contributed by atoms with Crippen molar-refractivity contribution in [3.8, 4) is 0 Å². The van der Waals surface area contributed by atoms with Gasteiger partial charge in [0.25, 0.3) is 0 Å². The fourth-order valence-electron chi connectivity index (χ4n) is 1.53. The van der Waals surface area contributed by atoms with Gasteiger partial charge in [0.1, 0.15) is 11.5 Å². The summed E-state index contributed by atoms with van der Waals surface area (Å²) in [6.45, 7) is 2.74. The number of hydrogen-bond acceptors (Lipinski definition) is 4. The molecule has 0 fully saturated rings. The van der Waals surface area contributed by atoms with Crippen molar-refractivity contribution in [1.29, 1.82) is 0 Å². The van der Waals surface area contributed by atoms with E-state index < -0.39 is 0 Å². The van der Waals surface area contributed by atoms with Crippen LogP contribution in [0.5, 0.6) is 0 Å². The zero-order valence-electron chi connectivity index (χ0n) is 8.97. The minimum atomic E-state index is -0.155. The van der Waals surface area contributed by atoms with Gasteiger partial charge in [-0.25, -0.2) is 0 Å². The predicted molar refractivity (Wildman–Crippen MR) is 59.0 cm³/mol. The molecule has 0 saturated carbocycles. The maximum absolute atomic E-state index is 12.1. The molecule has 0 spiro atoms. The molecule has 2 aromatic rings. The molecule has 0 radical (unpaired) electrons. The molecule has 3 N–H and O–H groups in total. The Balaban J connectivity index is 2.34. The van der Waals surface area contributed by atoms with Crippen molar-refractivity contribution in [3.05, 3.63) is 29.7 Å². The van der Waals surface area contributed by atoms with Crippen molar-refractivity contribution in [1.82, 2.24) is 20.0 Å². The van der Waals surface area contributed by atoms with Crippen molar-refractivity contribution in [3.63, 3.8) is 0 Å². The highest BCUT2D eigenvalue weighted by molar-refractivity contribution is 6.10. The van der Waals surface area contributed by atoms with Crippen molar-refractivity contribution in [2.45, 2.75) is 19.9 Å². The van der Waals surface area contributed by atoms with Crippen molar-refractivity contribution < 1.29 is 4.79 Å². The number of nitrogens with two attached hydrogens (primary N) is 1. The molecule has 0 amide bonds. The van der Waals surface area contributed by atoms with Crippen LogP contribution in [0.1, 0.15) is 29.4 Å². The van der Waals surface area contributed by atoms with Crippen LogP contribution in [0.25, 0.3) is 0 Å². The van der Waals surface area contributed by atoms with Gasteiger partial charge in [-0.2, -0.15) is 10.2 Å². The lowest BCUT2D eigenvalue weighted by Crippen LogP contribution is -2.12. The second-order valence-corrected chi connectivity index (χ2v) is 3.47. The van der Waals surface area contributed by atoms with E-state index in [1.807, 2.05) is 6.92 Å². The molecule has 0 aromatic carbocycles. The van der Waals surface area contributed by atoms with Gasteiger partial charge < -0.3 is 5.73 Å².